The Morgan fingerprint density at radius 2 is 1.81 bits per heavy atom. The smallest absolute Gasteiger partial charge is 0.161 e. The fraction of sp³-hybridized carbons (Fsp3) is 0.500. The molecule has 0 amide bonds. The average Bonchev–Trinajstić information content (AvgIpc) is 2.25. The monoisotopic (exact) mass is 229 g/mol. The first-order valence-electron chi connectivity index (χ1n) is 5.44. The lowest BCUT2D eigenvalue weighted by Gasteiger charge is -2.30. The zero-order valence-corrected chi connectivity index (χ0v) is 9.06. The minimum atomic E-state index is -1.12. The Hall–Kier alpha value is -1.03. The number of hydrogen-bond acceptors (Lipinski definition) is 1. The molecule has 1 saturated heterocycles. The van der Waals surface area contributed by atoms with E-state index >= 15 is 0 Å². The molecule has 0 bridgehead atoms. The summed E-state index contributed by atoms with van der Waals surface area (Å²) in [7, 11) is 0. The topological polar surface area (TPSA) is 12.0 Å². The number of halogens is 3. The Balaban J connectivity index is 2.35. The van der Waals surface area contributed by atoms with Crippen molar-refractivity contribution >= 4 is 0 Å². The molecule has 2 rings (SSSR count). The van der Waals surface area contributed by atoms with Crippen LogP contribution in [-0.2, 0) is 0 Å². The summed E-state index contributed by atoms with van der Waals surface area (Å²) in [6.07, 6.45) is 0.753. The maximum absolute atomic E-state index is 13.6. The molecule has 1 fully saturated rings. The number of piperidine rings is 1. The van der Waals surface area contributed by atoms with Crippen LogP contribution in [0.25, 0.3) is 0 Å². The van der Waals surface area contributed by atoms with E-state index in [1.807, 2.05) is 6.92 Å². The summed E-state index contributed by atoms with van der Waals surface area (Å²) in [6, 6.07) is 1.64. The van der Waals surface area contributed by atoms with Crippen molar-refractivity contribution in [3.05, 3.63) is 35.1 Å². The van der Waals surface area contributed by atoms with Crippen LogP contribution in [0.3, 0.4) is 0 Å². The number of benzene rings is 1. The summed E-state index contributed by atoms with van der Waals surface area (Å²) in [5.74, 6) is -2.54. The van der Waals surface area contributed by atoms with Crippen LogP contribution in [0.4, 0.5) is 13.2 Å². The van der Waals surface area contributed by atoms with E-state index in [-0.39, 0.29) is 11.8 Å². The number of hydrogen-bond donors (Lipinski definition) is 1. The van der Waals surface area contributed by atoms with E-state index in [0.29, 0.717) is 11.6 Å². The molecule has 0 aromatic heterocycles. The SMILES string of the molecule is CC1CNCCC1c1cc(F)c(F)cc1F. The van der Waals surface area contributed by atoms with E-state index in [2.05, 4.69) is 5.32 Å². The first-order valence-corrected chi connectivity index (χ1v) is 5.44. The molecule has 0 saturated carbocycles. The molecule has 0 aliphatic carbocycles. The molecule has 1 aliphatic rings. The third-order valence-electron chi connectivity index (χ3n) is 3.22. The second-order valence-electron chi connectivity index (χ2n) is 4.36. The Labute approximate surface area is 92.7 Å². The second kappa shape index (κ2) is 4.45. The van der Waals surface area contributed by atoms with Gasteiger partial charge in [0.05, 0.1) is 0 Å². The van der Waals surface area contributed by atoms with Gasteiger partial charge in [0.15, 0.2) is 11.6 Å². The molecule has 1 heterocycles. The lowest BCUT2D eigenvalue weighted by molar-refractivity contribution is 0.339. The minimum Gasteiger partial charge on any atom is -0.316 e. The average molecular weight is 229 g/mol. The lowest BCUT2D eigenvalue weighted by atomic mass is 9.82. The maximum atomic E-state index is 13.6. The fourth-order valence-electron chi connectivity index (χ4n) is 2.30. The van der Waals surface area contributed by atoms with Gasteiger partial charge in [-0.1, -0.05) is 6.92 Å². The number of nitrogens with one attached hydrogen (secondary N) is 1. The molecule has 1 nitrogen and oxygen atoms in total. The van der Waals surface area contributed by atoms with Crippen LogP contribution < -0.4 is 5.32 Å². The van der Waals surface area contributed by atoms with Gasteiger partial charge in [-0.2, -0.15) is 0 Å². The summed E-state index contributed by atoms with van der Waals surface area (Å²) in [4.78, 5) is 0. The van der Waals surface area contributed by atoms with Gasteiger partial charge < -0.3 is 5.32 Å². The predicted molar refractivity (Wildman–Crippen MR) is 55.7 cm³/mol. The van der Waals surface area contributed by atoms with Gasteiger partial charge in [-0.3, -0.25) is 0 Å². The third kappa shape index (κ3) is 2.07. The zero-order valence-electron chi connectivity index (χ0n) is 9.06. The van der Waals surface area contributed by atoms with Crippen LogP contribution in [0.2, 0.25) is 0 Å². The summed E-state index contributed by atoms with van der Waals surface area (Å²) in [5.41, 5.74) is 0.299. The van der Waals surface area contributed by atoms with Crippen molar-refractivity contribution in [2.75, 3.05) is 13.1 Å². The third-order valence-corrected chi connectivity index (χ3v) is 3.22. The highest BCUT2D eigenvalue weighted by Crippen LogP contribution is 2.32. The number of rotatable bonds is 1. The lowest BCUT2D eigenvalue weighted by Crippen LogP contribution is -2.34. The Morgan fingerprint density at radius 3 is 2.50 bits per heavy atom. The van der Waals surface area contributed by atoms with E-state index in [1.54, 1.807) is 0 Å². The molecule has 1 N–H and O–H groups in total. The largest absolute Gasteiger partial charge is 0.316 e. The van der Waals surface area contributed by atoms with Crippen molar-refractivity contribution in [1.82, 2.24) is 5.32 Å². The van der Waals surface area contributed by atoms with Crippen LogP contribution in [0.5, 0.6) is 0 Å². The van der Waals surface area contributed by atoms with Crippen molar-refractivity contribution < 1.29 is 13.2 Å². The molecule has 2 unspecified atom stereocenters. The predicted octanol–water partition coefficient (Wildman–Crippen LogP) is 2.82. The zero-order chi connectivity index (χ0) is 11.7. The quantitative estimate of drug-likeness (QED) is 0.730. The molecule has 2 atom stereocenters. The molecule has 16 heavy (non-hydrogen) atoms. The van der Waals surface area contributed by atoms with Crippen LogP contribution in [-0.4, -0.2) is 13.1 Å². The standard InChI is InChI=1S/C12H14F3N/c1-7-6-16-3-2-8(7)9-4-11(14)12(15)5-10(9)13/h4-5,7-8,16H,2-3,6H2,1H3. The molecular weight excluding hydrogens is 215 g/mol. The molecule has 0 spiro atoms. The van der Waals surface area contributed by atoms with Gasteiger partial charge in [0.1, 0.15) is 5.82 Å². The van der Waals surface area contributed by atoms with Gasteiger partial charge >= 0.3 is 0 Å². The molecule has 1 aliphatic heterocycles. The van der Waals surface area contributed by atoms with Crippen LogP contribution in [0, 0.1) is 23.4 Å². The summed E-state index contributed by atoms with van der Waals surface area (Å²) < 4.78 is 39.4. The normalized spacial score (nSPS) is 25.8. The van der Waals surface area contributed by atoms with Crippen molar-refractivity contribution in [3.63, 3.8) is 0 Å². The van der Waals surface area contributed by atoms with Crippen LogP contribution >= 0.6 is 0 Å². The highest BCUT2D eigenvalue weighted by molar-refractivity contribution is 5.25. The van der Waals surface area contributed by atoms with Gasteiger partial charge in [0, 0.05) is 6.07 Å². The maximum Gasteiger partial charge on any atom is 0.161 e. The van der Waals surface area contributed by atoms with Crippen molar-refractivity contribution in [3.8, 4) is 0 Å². The highest BCUT2D eigenvalue weighted by atomic mass is 19.2. The fourth-order valence-corrected chi connectivity index (χ4v) is 2.30. The van der Waals surface area contributed by atoms with Crippen molar-refractivity contribution in [2.45, 2.75) is 19.3 Å². The van der Waals surface area contributed by atoms with E-state index in [9.17, 15) is 13.2 Å². The summed E-state index contributed by atoms with van der Waals surface area (Å²) >= 11 is 0. The molecule has 4 heteroatoms. The van der Waals surface area contributed by atoms with Crippen LogP contribution in [0.15, 0.2) is 12.1 Å². The van der Waals surface area contributed by atoms with Gasteiger partial charge in [0.2, 0.25) is 0 Å². The summed E-state index contributed by atoms with van der Waals surface area (Å²) in [5, 5.41) is 3.19. The first kappa shape index (κ1) is 11.5. The van der Waals surface area contributed by atoms with Gasteiger partial charge in [-0.05, 0) is 43.0 Å². The van der Waals surface area contributed by atoms with Crippen LogP contribution in [0.1, 0.15) is 24.8 Å². The van der Waals surface area contributed by atoms with E-state index in [0.717, 1.165) is 25.6 Å². The van der Waals surface area contributed by atoms with E-state index < -0.39 is 17.5 Å². The van der Waals surface area contributed by atoms with Crippen molar-refractivity contribution in [1.29, 1.82) is 0 Å². The molecule has 1 aromatic rings. The minimum absolute atomic E-state index is 0.0312. The van der Waals surface area contributed by atoms with Gasteiger partial charge in [-0.15, -0.1) is 0 Å². The highest BCUT2D eigenvalue weighted by Gasteiger charge is 2.26. The van der Waals surface area contributed by atoms with Gasteiger partial charge in [-0.25, -0.2) is 13.2 Å². The molecule has 0 radical (unpaired) electrons. The Kier molecular flexibility index (Phi) is 3.19. The van der Waals surface area contributed by atoms with Gasteiger partial charge in [0.25, 0.3) is 0 Å². The Bertz CT molecular complexity index is 392. The Morgan fingerprint density at radius 1 is 1.12 bits per heavy atom. The molecular formula is C12H14F3N. The van der Waals surface area contributed by atoms with Crippen molar-refractivity contribution in [2.24, 2.45) is 5.92 Å². The summed E-state index contributed by atoms with van der Waals surface area (Å²) in [6.45, 7) is 3.55. The van der Waals surface area contributed by atoms with E-state index in [1.165, 1.54) is 0 Å². The molecule has 88 valence electrons. The second-order valence-corrected chi connectivity index (χ2v) is 4.36. The molecule has 1 aromatic carbocycles. The first-order chi connectivity index (χ1) is 7.59. The van der Waals surface area contributed by atoms with E-state index in [4.69, 9.17) is 0 Å².